The van der Waals surface area contributed by atoms with Crippen molar-refractivity contribution < 1.29 is 13.2 Å². The number of amidine groups is 1. The fourth-order valence-corrected chi connectivity index (χ4v) is 4.18. The first-order valence-electron chi connectivity index (χ1n) is 12.8. The Balaban J connectivity index is 0.000000327. The lowest BCUT2D eigenvalue weighted by Gasteiger charge is -2.08. The highest BCUT2D eigenvalue weighted by molar-refractivity contribution is 7.89. The molecule has 0 spiro atoms. The lowest BCUT2D eigenvalue weighted by atomic mass is 10.0. The standard InChI is InChI=1S/C13H12N2O3S.C11H16N2.C5H5N.C2H6/c14-19(17,18)13-4-2-1-3-12(13)10-5-7-11(8-6-10)15-9-16;1-8(2)6-9-4-3-5-10(7-9)11(12)13;1-2-4-6-5-3-1;1-2/h1-9H,(H,15,16)(H2,14,17,18);3-5,7-8H,6H2,1-2H3,(H3,12,13);1-5H;1-2H3. The molecule has 0 fully saturated rings. The largest absolute Gasteiger partial charge is 0.384 e. The zero-order valence-electron chi connectivity index (χ0n) is 23.4. The molecular formula is C31H39N5O3S. The minimum absolute atomic E-state index is 0.0751. The van der Waals surface area contributed by atoms with Crippen LogP contribution < -0.4 is 16.2 Å². The monoisotopic (exact) mass is 561 g/mol. The number of benzene rings is 3. The summed E-state index contributed by atoms with van der Waals surface area (Å²) >= 11 is 0. The van der Waals surface area contributed by atoms with Gasteiger partial charge < -0.3 is 11.1 Å². The second-order valence-electron chi connectivity index (χ2n) is 8.62. The van der Waals surface area contributed by atoms with Gasteiger partial charge in [0.2, 0.25) is 16.4 Å². The number of hydrogen-bond acceptors (Lipinski definition) is 5. The topological polar surface area (TPSA) is 152 Å². The van der Waals surface area contributed by atoms with Gasteiger partial charge in [-0.3, -0.25) is 15.2 Å². The van der Waals surface area contributed by atoms with E-state index in [0.717, 1.165) is 12.0 Å². The van der Waals surface area contributed by atoms with Gasteiger partial charge in [-0.2, -0.15) is 0 Å². The van der Waals surface area contributed by atoms with Crippen molar-refractivity contribution in [1.29, 1.82) is 5.41 Å². The number of sulfonamides is 1. The zero-order valence-corrected chi connectivity index (χ0v) is 24.2. The molecule has 6 N–H and O–H groups in total. The van der Waals surface area contributed by atoms with Crippen LogP contribution in [0.5, 0.6) is 0 Å². The van der Waals surface area contributed by atoms with Gasteiger partial charge in [0.15, 0.2) is 0 Å². The average Bonchev–Trinajstić information content (AvgIpc) is 2.96. The predicted molar refractivity (Wildman–Crippen MR) is 165 cm³/mol. The van der Waals surface area contributed by atoms with Gasteiger partial charge in [0, 0.05) is 29.2 Å². The van der Waals surface area contributed by atoms with Crippen molar-refractivity contribution in [2.24, 2.45) is 16.8 Å². The van der Waals surface area contributed by atoms with E-state index in [-0.39, 0.29) is 10.7 Å². The van der Waals surface area contributed by atoms with Crippen molar-refractivity contribution in [3.63, 3.8) is 0 Å². The molecule has 9 heteroatoms. The van der Waals surface area contributed by atoms with Crippen molar-refractivity contribution in [3.05, 3.63) is 115 Å². The fraction of sp³-hybridized carbons (Fsp3) is 0.194. The van der Waals surface area contributed by atoms with E-state index >= 15 is 0 Å². The molecule has 3 aromatic carbocycles. The predicted octanol–water partition coefficient (Wildman–Crippen LogP) is 5.85. The molecule has 212 valence electrons. The number of nitrogens with zero attached hydrogens (tertiary/aromatic N) is 1. The van der Waals surface area contributed by atoms with Crippen LogP contribution in [0.2, 0.25) is 0 Å². The van der Waals surface area contributed by atoms with Crippen LogP contribution in [-0.4, -0.2) is 25.6 Å². The van der Waals surface area contributed by atoms with E-state index in [1.54, 1.807) is 54.9 Å². The summed E-state index contributed by atoms with van der Waals surface area (Å²) < 4.78 is 23.0. The third-order valence-electron chi connectivity index (χ3n) is 5.06. The average molecular weight is 562 g/mol. The number of aromatic nitrogens is 1. The molecule has 4 rings (SSSR count). The molecule has 0 saturated heterocycles. The molecule has 0 aliphatic carbocycles. The number of nitrogens with one attached hydrogen (secondary N) is 2. The van der Waals surface area contributed by atoms with E-state index in [9.17, 15) is 13.2 Å². The van der Waals surface area contributed by atoms with Crippen molar-refractivity contribution in [2.75, 3.05) is 5.32 Å². The molecule has 40 heavy (non-hydrogen) atoms. The van der Waals surface area contributed by atoms with Crippen molar-refractivity contribution in [2.45, 2.75) is 39.0 Å². The molecule has 0 radical (unpaired) electrons. The molecule has 1 aromatic heterocycles. The summed E-state index contributed by atoms with van der Waals surface area (Å²) in [5, 5.41) is 15.0. The number of primary sulfonamides is 1. The number of anilines is 1. The molecule has 1 amide bonds. The molecule has 1 heterocycles. The number of carbonyl (C=O) groups excluding carboxylic acids is 1. The highest BCUT2D eigenvalue weighted by atomic mass is 32.2. The van der Waals surface area contributed by atoms with E-state index in [1.165, 1.54) is 11.6 Å². The van der Waals surface area contributed by atoms with Crippen LogP contribution in [0.4, 0.5) is 5.69 Å². The second kappa shape index (κ2) is 18.0. The Labute approximate surface area is 238 Å². The Morgan fingerprint density at radius 1 is 0.925 bits per heavy atom. The molecule has 0 aliphatic heterocycles. The normalized spacial score (nSPS) is 9.95. The third kappa shape index (κ3) is 12.5. The summed E-state index contributed by atoms with van der Waals surface area (Å²) in [5.41, 5.74) is 9.34. The van der Waals surface area contributed by atoms with Gasteiger partial charge in [0.05, 0.1) is 4.90 Å². The first-order chi connectivity index (χ1) is 19.1. The lowest BCUT2D eigenvalue weighted by molar-refractivity contribution is -0.105. The first-order valence-corrected chi connectivity index (χ1v) is 14.4. The van der Waals surface area contributed by atoms with Crippen LogP contribution in [0.15, 0.2) is 108 Å². The number of nitrogens with two attached hydrogens (primary N) is 2. The molecule has 4 aromatic rings. The molecule has 0 aliphatic rings. The highest BCUT2D eigenvalue weighted by Gasteiger charge is 2.14. The van der Waals surface area contributed by atoms with Gasteiger partial charge in [0.1, 0.15) is 5.84 Å². The summed E-state index contributed by atoms with van der Waals surface area (Å²) in [4.78, 5) is 14.2. The van der Waals surface area contributed by atoms with Gasteiger partial charge in [0.25, 0.3) is 0 Å². The molecule has 0 bridgehead atoms. The van der Waals surface area contributed by atoms with Crippen LogP contribution in [0, 0.1) is 11.3 Å². The summed E-state index contributed by atoms with van der Waals surface area (Å²) in [6, 6.07) is 26.9. The SMILES string of the molecule is CC.CC(C)Cc1cccc(C(=N)N)c1.NS(=O)(=O)c1ccccc1-c1ccc(NC=O)cc1.c1ccncc1. The maximum atomic E-state index is 11.5. The van der Waals surface area contributed by atoms with Crippen LogP contribution in [0.25, 0.3) is 11.1 Å². The number of hydrogen-bond donors (Lipinski definition) is 4. The second-order valence-corrected chi connectivity index (χ2v) is 10.1. The van der Waals surface area contributed by atoms with Crippen molar-refractivity contribution >= 4 is 28.0 Å². The molecule has 0 atom stereocenters. The molecule has 0 saturated carbocycles. The van der Waals surface area contributed by atoms with Crippen LogP contribution in [0.1, 0.15) is 38.8 Å². The van der Waals surface area contributed by atoms with Gasteiger partial charge in [-0.15, -0.1) is 0 Å². The Bertz CT molecular complexity index is 1380. The van der Waals surface area contributed by atoms with E-state index in [0.29, 0.717) is 29.1 Å². The number of carbonyl (C=O) groups is 1. The highest BCUT2D eigenvalue weighted by Crippen LogP contribution is 2.27. The molecule has 8 nitrogen and oxygen atoms in total. The minimum atomic E-state index is -3.77. The summed E-state index contributed by atoms with van der Waals surface area (Å²) in [7, 11) is -3.77. The van der Waals surface area contributed by atoms with Crippen LogP contribution >= 0.6 is 0 Å². The Hall–Kier alpha value is -4.34. The van der Waals surface area contributed by atoms with E-state index < -0.39 is 10.0 Å². The minimum Gasteiger partial charge on any atom is -0.384 e. The molecule has 0 unspecified atom stereocenters. The number of amides is 1. The summed E-state index contributed by atoms with van der Waals surface area (Å²) in [6.07, 6.45) is 5.12. The fourth-order valence-electron chi connectivity index (χ4n) is 3.42. The summed E-state index contributed by atoms with van der Waals surface area (Å²) in [6.45, 7) is 8.36. The maximum Gasteiger partial charge on any atom is 0.238 e. The number of rotatable bonds is 7. The quantitative estimate of drug-likeness (QED) is 0.127. The maximum absolute atomic E-state index is 11.5. The number of nitrogen functional groups attached to an aromatic ring is 1. The van der Waals surface area contributed by atoms with Crippen LogP contribution in [0.3, 0.4) is 0 Å². The smallest absolute Gasteiger partial charge is 0.238 e. The Kier molecular flexibility index (Phi) is 15.2. The Morgan fingerprint density at radius 3 is 2.02 bits per heavy atom. The van der Waals surface area contributed by atoms with E-state index in [2.05, 4.69) is 30.2 Å². The van der Waals surface area contributed by atoms with Crippen molar-refractivity contribution in [1.82, 2.24) is 4.98 Å². The van der Waals surface area contributed by atoms with E-state index in [1.807, 2.05) is 50.2 Å². The lowest BCUT2D eigenvalue weighted by Crippen LogP contribution is -2.13. The van der Waals surface area contributed by atoms with Gasteiger partial charge in [-0.1, -0.05) is 82.3 Å². The first kappa shape index (κ1) is 33.7. The van der Waals surface area contributed by atoms with Crippen LogP contribution in [-0.2, 0) is 21.2 Å². The van der Waals surface area contributed by atoms with Gasteiger partial charge in [-0.05, 0) is 59.9 Å². The third-order valence-corrected chi connectivity index (χ3v) is 6.03. The summed E-state index contributed by atoms with van der Waals surface area (Å²) in [5.74, 6) is 0.785. The van der Waals surface area contributed by atoms with Gasteiger partial charge in [-0.25, -0.2) is 13.6 Å². The zero-order chi connectivity index (χ0) is 30.0. The molecular weight excluding hydrogens is 522 g/mol. The number of pyridine rings is 1. The van der Waals surface area contributed by atoms with E-state index in [4.69, 9.17) is 16.3 Å². The van der Waals surface area contributed by atoms with Gasteiger partial charge >= 0.3 is 0 Å². The van der Waals surface area contributed by atoms with Crippen molar-refractivity contribution in [3.8, 4) is 11.1 Å². The Morgan fingerprint density at radius 2 is 1.55 bits per heavy atom.